The van der Waals surface area contributed by atoms with Gasteiger partial charge in [0, 0.05) is 32.5 Å². The third-order valence-corrected chi connectivity index (χ3v) is 6.99. The quantitative estimate of drug-likeness (QED) is 0.135. The average Bonchev–Trinajstić information content (AvgIpc) is 3.02. The Morgan fingerprint density at radius 3 is 1.85 bits per heavy atom. The molecule has 0 saturated heterocycles. The van der Waals surface area contributed by atoms with Crippen LogP contribution in [-0.4, -0.2) is 9.97 Å². The SMILES string of the molecule is Cc1c[c-]c(-c2ccc(C)cn2)cc1.[Ir].[c-]1cc(-c2cc3ccccc3c3ccccc23)ccc1-c1ccccn1. The number of fused-ring (bicyclic) bond motifs is 3. The van der Waals surface area contributed by atoms with Crippen molar-refractivity contribution in [2.24, 2.45) is 0 Å². The molecule has 2 heterocycles. The molecule has 0 amide bonds. The number of pyridine rings is 2. The molecule has 7 rings (SSSR count). The van der Waals surface area contributed by atoms with Gasteiger partial charge in [-0.05, 0) is 51.5 Å². The second-order valence-corrected chi connectivity index (χ2v) is 9.90. The van der Waals surface area contributed by atoms with E-state index < -0.39 is 0 Å². The van der Waals surface area contributed by atoms with Crippen LogP contribution in [0.3, 0.4) is 0 Å². The topological polar surface area (TPSA) is 25.8 Å². The van der Waals surface area contributed by atoms with Gasteiger partial charge in [-0.25, -0.2) is 0 Å². The van der Waals surface area contributed by atoms with Crippen molar-refractivity contribution in [3.63, 3.8) is 0 Å². The Labute approximate surface area is 255 Å². The van der Waals surface area contributed by atoms with Gasteiger partial charge in [0.15, 0.2) is 0 Å². The van der Waals surface area contributed by atoms with Gasteiger partial charge >= 0.3 is 0 Å². The summed E-state index contributed by atoms with van der Waals surface area (Å²) in [6, 6.07) is 48.5. The van der Waals surface area contributed by atoms with Gasteiger partial charge in [0.25, 0.3) is 0 Å². The summed E-state index contributed by atoms with van der Waals surface area (Å²) in [4.78, 5) is 8.76. The maximum absolute atomic E-state index is 4.41. The fraction of sp³-hybridized carbons (Fsp3) is 0.0526. The molecule has 201 valence electrons. The van der Waals surface area contributed by atoms with E-state index in [1.165, 1.54) is 43.8 Å². The van der Waals surface area contributed by atoms with E-state index in [1.54, 1.807) is 0 Å². The van der Waals surface area contributed by atoms with E-state index in [0.29, 0.717) is 0 Å². The molecule has 7 aromatic rings. The maximum Gasteiger partial charge on any atom is 0.0190 e. The zero-order valence-electron chi connectivity index (χ0n) is 22.9. The number of hydrogen-bond donors (Lipinski definition) is 0. The normalized spacial score (nSPS) is 10.5. The predicted molar refractivity (Wildman–Crippen MR) is 167 cm³/mol. The van der Waals surface area contributed by atoms with Crippen molar-refractivity contribution >= 4 is 21.5 Å². The van der Waals surface area contributed by atoms with Crippen molar-refractivity contribution in [2.45, 2.75) is 13.8 Å². The predicted octanol–water partition coefficient (Wildman–Crippen LogP) is 9.69. The van der Waals surface area contributed by atoms with Crippen molar-refractivity contribution in [3.05, 3.63) is 157 Å². The molecule has 41 heavy (non-hydrogen) atoms. The fourth-order valence-corrected chi connectivity index (χ4v) is 4.86. The van der Waals surface area contributed by atoms with Gasteiger partial charge in [-0.2, -0.15) is 0 Å². The third kappa shape index (κ3) is 6.33. The number of aryl methyl sites for hydroxylation is 2. The molecule has 2 aromatic heterocycles. The molecule has 0 spiro atoms. The first-order chi connectivity index (χ1) is 19.7. The third-order valence-electron chi connectivity index (χ3n) is 6.99. The van der Waals surface area contributed by atoms with Crippen molar-refractivity contribution < 1.29 is 20.1 Å². The van der Waals surface area contributed by atoms with Crippen LogP contribution < -0.4 is 0 Å². The van der Waals surface area contributed by atoms with Crippen molar-refractivity contribution in [2.75, 3.05) is 0 Å². The van der Waals surface area contributed by atoms with E-state index >= 15 is 0 Å². The van der Waals surface area contributed by atoms with Gasteiger partial charge in [0.1, 0.15) is 0 Å². The van der Waals surface area contributed by atoms with E-state index in [9.17, 15) is 0 Å². The summed E-state index contributed by atoms with van der Waals surface area (Å²) in [6.45, 7) is 4.10. The molecule has 0 unspecified atom stereocenters. The van der Waals surface area contributed by atoms with Crippen LogP contribution in [0.15, 0.2) is 134 Å². The minimum atomic E-state index is 0. The zero-order valence-corrected chi connectivity index (χ0v) is 25.3. The van der Waals surface area contributed by atoms with Crippen molar-refractivity contribution in [3.8, 4) is 33.6 Å². The van der Waals surface area contributed by atoms with E-state index in [4.69, 9.17) is 0 Å². The molecule has 0 aliphatic rings. The summed E-state index contributed by atoms with van der Waals surface area (Å²) in [5.41, 5.74) is 8.81. The average molecular weight is 705 g/mol. The molecule has 1 radical (unpaired) electrons. The largest absolute Gasteiger partial charge is 0.305 e. The van der Waals surface area contributed by atoms with Gasteiger partial charge in [0.05, 0.1) is 0 Å². The summed E-state index contributed by atoms with van der Waals surface area (Å²) in [7, 11) is 0. The van der Waals surface area contributed by atoms with E-state index in [-0.39, 0.29) is 20.1 Å². The Kier molecular flexibility index (Phi) is 8.79. The summed E-state index contributed by atoms with van der Waals surface area (Å²) in [6.07, 6.45) is 3.69. The summed E-state index contributed by atoms with van der Waals surface area (Å²) >= 11 is 0. The van der Waals surface area contributed by atoms with Gasteiger partial charge in [-0.15, -0.1) is 65.2 Å². The molecule has 0 aliphatic carbocycles. The molecule has 0 fully saturated rings. The molecule has 0 saturated carbocycles. The second kappa shape index (κ2) is 12.8. The number of hydrogen-bond acceptors (Lipinski definition) is 2. The van der Waals surface area contributed by atoms with Gasteiger partial charge < -0.3 is 9.97 Å². The Hall–Kier alpha value is -4.43. The number of rotatable bonds is 3. The Morgan fingerprint density at radius 1 is 0.537 bits per heavy atom. The van der Waals surface area contributed by atoms with Crippen LogP contribution in [-0.2, 0) is 20.1 Å². The minimum Gasteiger partial charge on any atom is -0.305 e. The smallest absolute Gasteiger partial charge is 0.0190 e. The Balaban J connectivity index is 0.000000192. The van der Waals surface area contributed by atoms with Crippen LogP contribution in [0.1, 0.15) is 11.1 Å². The standard InChI is InChI=1S/C25H16N.C13H12N.Ir/c1-2-8-21-20(7-1)17-24(23-10-4-3-9-22(21)23)18-12-14-19(15-13-18)25-11-5-6-16-26-25;1-10-3-6-12(7-4-10)13-8-5-11(2)9-14-13;/h1-14,16-17H;3-6,8-9H,1-2H3;/q2*-1;. The van der Waals surface area contributed by atoms with Crippen LogP contribution >= 0.6 is 0 Å². The van der Waals surface area contributed by atoms with Crippen LogP contribution in [0.2, 0.25) is 0 Å². The minimum absolute atomic E-state index is 0. The molecule has 3 heteroatoms. The van der Waals surface area contributed by atoms with E-state index in [0.717, 1.165) is 22.5 Å². The van der Waals surface area contributed by atoms with Gasteiger partial charge in [-0.1, -0.05) is 96.9 Å². The second-order valence-electron chi connectivity index (χ2n) is 9.90. The Bertz CT molecular complexity index is 1830. The molecule has 5 aromatic carbocycles. The number of nitrogens with zero attached hydrogens (tertiary/aromatic N) is 2. The van der Waals surface area contributed by atoms with Gasteiger partial charge in [-0.3, -0.25) is 0 Å². The van der Waals surface area contributed by atoms with Crippen molar-refractivity contribution in [1.82, 2.24) is 9.97 Å². The molecule has 0 atom stereocenters. The van der Waals surface area contributed by atoms with Crippen LogP contribution in [0, 0.1) is 26.0 Å². The molecule has 0 N–H and O–H groups in total. The van der Waals surface area contributed by atoms with Crippen LogP contribution in [0.5, 0.6) is 0 Å². The first kappa shape index (κ1) is 28.1. The molecular formula is C38H28IrN2-2. The Morgan fingerprint density at radius 2 is 1.20 bits per heavy atom. The van der Waals surface area contributed by atoms with E-state index in [1.807, 2.05) is 55.7 Å². The molecule has 0 aliphatic heterocycles. The maximum atomic E-state index is 4.41. The molecular weight excluding hydrogens is 677 g/mol. The van der Waals surface area contributed by atoms with E-state index in [2.05, 4.69) is 114 Å². The molecule has 0 bridgehead atoms. The summed E-state index contributed by atoms with van der Waals surface area (Å²) in [5.74, 6) is 0. The van der Waals surface area contributed by atoms with Crippen molar-refractivity contribution in [1.29, 1.82) is 0 Å². The first-order valence-corrected chi connectivity index (χ1v) is 13.4. The monoisotopic (exact) mass is 705 g/mol. The molecule has 2 nitrogen and oxygen atoms in total. The number of benzene rings is 5. The van der Waals surface area contributed by atoms with Crippen LogP contribution in [0.25, 0.3) is 55.2 Å². The summed E-state index contributed by atoms with van der Waals surface area (Å²) in [5, 5.41) is 5.11. The number of aromatic nitrogens is 2. The fourth-order valence-electron chi connectivity index (χ4n) is 4.86. The first-order valence-electron chi connectivity index (χ1n) is 13.4. The van der Waals surface area contributed by atoms with Gasteiger partial charge in [0.2, 0.25) is 0 Å². The summed E-state index contributed by atoms with van der Waals surface area (Å²) < 4.78 is 0. The zero-order chi connectivity index (χ0) is 27.3. The van der Waals surface area contributed by atoms with Crippen LogP contribution in [0.4, 0.5) is 0 Å².